The van der Waals surface area contributed by atoms with Gasteiger partial charge in [-0.25, -0.2) is 0 Å². The maximum absolute atomic E-state index is 10.1. The van der Waals surface area contributed by atoms with E-state index in [1.54, 1.807) is 0 Å². The van der Waals surface area contributed by atoms with E-state index in [1.807, 2.05) is 0 Å². The second kappa shape index (κ2) is 4.10. The second-order valence-corrected chi connectivity index (χ2v) is 6.95. The van der Waals surface area contributed by atoms with Crippen LogP contribution in [0.1, 0.15) is 33.1 Å². The largest absolute Gasteiger partial charge is 0.392 e. The van der Waals surface area contributed by atoms with Gasteiger partial charge in [-0.2, -0.15) is 0 Å². The van der Waals surface area contributed by atoms with Crippen molar-refractivity contribution in [2.24, 2.45) is 10.8 Å². The molecule has 17 heavy (non-hydrogen) atoms. The van der Waals surface area contributed by atoms with Crippen LogP contribution in [0.15, 0.2) is 36.5 Å². The Morgan fingerprint density at radius 3 is 2.59 bits per heavy atom. The summed E-state index contributed by atoms with van der Waals surface area (Å²) < 4.78 is 0. The zero-order valence-corrected chi connectivity index (χ0v) is 12.3. The minimum Gasteiger partial charge on any atom is -0.392 e. The maximum Gasteiger partial charge on any atom is 0.0708 e. The Hall–Kier alpha value is -0.340. The number of aliphatic hydroxyl groups excluding tert-OH is 1. The zero-order chi connectivity index (χ0) is 12.8. The molecule has 1 spiro atoms. The van der Waals surface area contributed by atoms with Gasteiger partial charge in [0.1, 0.15) is 0 Å². The van der Waals surface area contributed by atoms with Gasteiger partial charge in [0.2, 0.25) is 0 Å². The lowest BCUT2D eigenvalue weighted by molar-refractivity contribution is 0.0288. The van der Waals surface area contributed by atoms with Gasteiger partial charge in [-0.3, -0.25) is 0 Å². The lowest BCUT2D eigenvalue weighted by Gasteiger charge is -2.55. The van der Waals surface area contributed by atoms with Crippen LogP contribution in [0, 0.1) is 10.8 Å². The number of rotatable bonds is 0. The van der Waals surface area contributed by atoms with Gasteiger partial charge < -0.3 is 5.11 Å². The van der Waals surface area contributed by atoms with Gasteiger partial charge in [0.15, 0.2) is 0 Å². The van der Waals surface area contributed by atoms with Crippen molar-refractivity contribution in [3.05, 3.63) is 36.5 Å². The van der Waals surface area contributed by atoms with E-state index in [4.69, 9.17) is 0 Å². The van der Waals surface area contributed by atoms with Crippen molar-refractivity contribution in [1.29, 1.82) is 0 Å². The Morgan fingerprint density at radius 1 is 1.41 bits per heavy atom. The van der Waals surface area contributed by atoms with Crippen molar-refractivity contribution in [1.82, 2.24) is 0 Å². The molecule has 3 atom stereocenters. The molecule has 1 saturated carbocycles. The third kappa shape index (κ3) is 1.77. The summed E-state index contributed by atoms with van der Waals surface area (Å²) in [6.45, 7) is 12.7. The molecule has 1 fully saturated rings. The standard InChI is InChI=1S/C15H21BrO/c1-10-5-7-15(8-6-10)11(2)9-12(17)13(16)14(15,3)4/h5,7,12-13,17H,1-2,6,8-9H2,3-4H3/t12-,13-,15-/m1/s1. The van der Waals surface area contributed by atoms with Crippen molar-refractivity contribution in [2.75, 3.05) is 0 Å². The summed E-state index contributed by atoms with van der Waals surface area (Å²) in [5.74, 6) is 0. The number of aliphatic hydroxyl groups is 1. The summed E-state index contributed by atoms with van der Waals surface area (Å²) in [5, 5.41) is 10.1. The van der Waals surface area contributed by atoms with Gasteiger partial charge >= 0.3 is 0 Å². The highest BCUT2D eigenvalue weighted by atomic mass is 79.9. The molecule has 0 aromatic heterocycles. The van der Waals surface area contributed by atoms with Crippen LogP contribution in [0.4, 0.5) is 0 Å². The van der Waals surface area contributed by atoms with Gasteiger partial charge in [0.25, 0.3) is 0 Å². The molecule has 0 bridgehead atoms. The van der Waals surface area contributed by atoms with E-state index in [1.165, 1.54) is 5.57 Å². The molecule has 94 valence electrons. The SMILES string of the molecule is C=C1C=C[C@@]2(CC1)C(=C)C[C@@H](O)[C@@H](Br)C2(C)C. The van der Waals surface area contributed by atoms with E-state index in [0.717, 1.165) is 18.4 Å². The lowest BCUT2D eigenvalue weighted by Crippen LogP contribution is -2.53. The van der Waals surface area contributed by atoms with Crippen LogP contribution in [-0.2, 0) is 0 Å². The molecule has 0 aromatic rings. The molecule has 0 heterocycles. The van der Waals surface area contributed by atoms with Crippen LogP contribution in [0.5, 0.6) is 0 Å². The van der Waals surface area contributed by atoms with Crippen LogP contribution < -0.4 is 0 Å². The topological polar surface area (TPSA) is 20.2 Å². The number of alkyl halides is 1. The van der Waals surface area contributed by atoms with Crippen LogP contribution in [0.25, 0.3) is 0 Å². The number of halogens is 1. The van der Waals surface area contributed by atoms with Crippen molar-refractivity contribution in [3.63, 3.8) is 0 Å². The molecular weight excluding hydrogens is 276 g/mol. The first-order valence-corrected chi connectivity index (χ1v) is 7.10. The van der Waals surface area contributed by atoms with E-state index in [0.29, 0.717) is 6.42 Å². The minimum atomic E-state index is -0.332. The van der Waals surface area contributed by atoms with Gasteiger partial charge in [0, 0.05) is 10.2 Å². The number of hydrogen-bond acceptors (Lipinski definition) is 1. The van der Waals surface area contributed by atoms with Crippen LogP contribution in [-0.4, -0.2) is 16.0 Å². The van der Waals surface area contributed by atoms with E-state index in [9.17, 15) is 5.11 Å². The summed E-state index contributed by atoms with van der Waals surface area (Å²) in [6, 6.07) is 0. The van der Waals surface area contributed by atoms with Crippen molar-refractivity contribution >= 4 is 15.9 Å². The first kappa shape index (κ1) is 13.1. The fraction of sp³-hybridized carbons (Fsp3) is 0.600. The van der Waals surface area contributed by atoms with Gasteiger partial charge in [-0.1, -0.05) is 66.2 Å². The van der Waals surface area contributed by atoms with Crippen LogP contribution >= 0.6 is 15.9 Å². The van der Waals surface area contributed by atoms with Crippen LogP contribution in [0.3, 0.4) is 0 Å². The fourth-order valence-corrected chi connectivity index (χ4v) is 3.93. The summed E-state index contributed by atoms with van der Waals surface area (Å²) >= 11 is 3.68. The summed E-state index contributed by atoms with van der Waals surface area (Å²) in [4.78, 5) is 0.108. The molecule has 0 aliphatic heterocycles. The molecule has 2 rings (SSSR count). The second-order valence-electron chi connectivity index (χ2n) is 5.96. The van der Waals surface area contributed by atoms with Crippen LogP contribution in [0.2, 0.25) is 0 Å². The Kier molecular flexibility index (Phi) is 3.16. The normalized spacial score (nSPS) is 40.9. The highest BCUT2D eigenvalue weighted by Crippen LogP contribution is 2.59. The third-order valence-electron chi connectivity index (χ3n) is 4.71. The van der Waals surface area contributed by atoms with Crippen molar-refractivity contribution in [3.8, 4) is 0 Å². The van der Waals surface area contributed by atoms with Crippen molar-refractivity contribution in [2.45, 2.75) is 44.0 Å². The Morgan fingerprint density at radius 2 is 2.06 bits per heavy atom. The lowest BCUT2D eigenvalue weighted by atomic mass is 9.52. The molecule has 2 heteroatoms. The molecule has 1 N–H and O–H groups in total. The van der Waals surface area contributed by atoms with Crippen molar-refractivity contribution < 1.29 is 5.11 Å². The maximum atomic E-state index is 10.1. The molecule has 2 aliphatic carbocycles. The number of hydrogen-bond donors (Lipinski definition) is 1. The quantitative estimate of drug-likeness (QED) is 0.529. The Balaban J connectivity index is 2.47. The average molecular weight is 297 g/mol. The van der Waals surface area contributed by atoms with E-state index < -0.39 is 0 Å². The average Bonchev–Trinajstić information content (AvgIpc) is 2.27. The van der Waals surface area contributed by atoms with Gasteiger partial charge in [-0.15, -0.1) is 0 Å². The van der Waals surface area contributed by atoms with Gasteiger partial charge in [0.05, 0.1) is 6.10 Å². The molecule has 0 saturated heterocycles. The molecule has 0 radical (unpaired) electrons. The Labute approximate surface area is 112 Å². The van der Waals surface area contributed by atoms with E-state index >= 15 is 0 Å². The molecule has 0 aromatic carbocycles. The summed E-state index contributed by atoms with van der Waals surface area (Å²) in [7, 11) is 0. The highest BCUT2D eigenvalue weighted by molar-refractivity contribution is 9.09. The predicted molar refractivity (Wildman–Crippen MR) is 76.2 cm³/mol. The molecular formula is C15H21BrO. The smallest absolute Gasteiger partial charge is 0.0708 e. The molecule has 0 amide bonds. The fourth-order valence-electron chi connectivity index (χ4n) is 3.34. The third-order valence-corrected chi connectivity index (χ3v) is 6.46. The molecule has 0 unspecified atom stereocenters. The zero-order valence-electron chi connectivity index (χ0n) is 10.7. The Bertz CT molecular complexity index is 394. The van der Waals surface area contributed by atoms with Gasteiger partial charge in [-0.05, 0) is 24.7 Å². The predicted octanol–water partition coefficient (Wildman–Crippen LogP) is 3.99. The monoisotopic (exact) mass is 296 g/mol. The first-order valence-electron chi connectivity index (χ1n) is 6.19. The first-order chi connectivity index (χ1) is 7.81. The number of allylic oxidation sites excluding steroid dienone is 3. The molecule has 2 aliphatic rings. The summed E-state index contributed by atoms with van der Waals surface area (Å²) in [6.07, 6.45) is 6.84. The van der Waals surface area contributed by atoms with E-state index in [-0.39, 0.29) is 21.8 Å². The molecule has 1 nitrogen and oxygen atoms in total. The highest BCUT2D eigenvalue weighted by Gasteiger charge is 2.54. The summed E-state index contributed by atoms with van der Waals surface area (Å²) in [5.41, 5.74) is 2.33. The minimum absolute atomic E-state index is 0.00157. The van der Waals surface area contributed by atoms with E-state index in [2.05, 4.69) is 55.1 Å².